The minimum Gasteiger partial charge on any atom is -0.462 e. The molecule has 1 saturated heterocycles. The van der Waals surface area contributed by atoms with Crippen molar-refractivity contribution in [1.82, 2.24) is 0 Å². The molecule has 2 saturated carbocycles. The Balaban J connectivity index is 2.21. The number of hydrogen-bond acceptors (Lipinski definition) is 6. The lowest BCUT2D eigenvalue weighted by molar-refractivity contribution is -0.182. The second kappa shape index (κ2) is 6.44. The van der Waals surface area contributed by atoms with Crippen molar-refractivity contribution >= 4 is 33.5 Å². The highest BCUT2D eigenvalue weighted by atomic mass is 32.3. The molecule has 25 heavy (non-hydrogen) atoms. The van der Waals surface area contributed by atoms with Crippen LogP contribution in [0.25, 0.3) is 0 Å². The van der Waals surface area contributed by atoms with Gasteiger partial charge in [0.15, 0.2) is 9.49 Å². The Hall–Kier alpha value is -0.760. The van der Waals surface area contributed by atoms with Gasteiger partial charge in [-0.1, -0.05) is 0 Å². The molecule has 6 nitrogen and oxygen atoms in total. The highest BCUT2D eigenvalue weighted by Gasteiger charge is 2.82. The lowest BCUT2D eigenvalue weighted by Gasteiger charge is -2.45. The lowest BCUT2D eigenvalue weighted by Crippen LogP contribution is -2.65. The van der Waals surface area contributed by atoms with Crippen LogP contribution < -0.4 is 0 Å². The molecule has 0 aromatic heterocycles. The summed E-state index contributed by atoms with van der Waals surface area (Å²) < 4.78 is 35.8. The fraction of sp³-hybridized carbons (Fsp3) is 0.882. The van der Waals surface area contributed by atoms with E-state index in [-0.39, 0.29) is 23.3 Å². The van der Waals surface area contributed by atoms with Gasteiger partial charge in [-0.15, -0.1) is 0 Å². The fourth-order valence-electron chi connectivity index (χ4n) is 4.93. The van der Waals surface area contributed by atoms with Crippen LogP contribution in [0.2, 0.25) is 0 Å². The molecule has 4 atom stereocenters. The van der Waals surface area contributed by atoms with Gasteiger partial charge < -0.3 is 9.47 Å². The van der Waals surface area contributed by atoms with Crippen molar-refractivity contribution in [3.63, 3.8) is 0 Å². The number of ether oxygens (including phenoxy) is 2. The molecule has 3 rings (SSSR count). The van der Waals surface area contributed by atoms with E-state index in [4.69, 9.17) is 9.47 Å². The largest absolute Gasteiger partial charge is 0.462 e. The molecule has 2 aliphatic carbocycles. The minimum absolute atomic E-state index is 0.166. The zero-order chi connectivity index (χ0) is 18.6. The maximum Gasteiger partial charge on any atom is 0.326 e. The van der Waals surface area contributed by atoms with Crippen LogP contribution in [0, 0.1) is 17.3 Å². The molecule has 0 aromatic carbocycles. The van der Waals surface area contributed by atoms with Crippen molar-refractivity contribution in [3.05, 3.63) is 0 Å². The molecule has 0 N–H and O–H groups in total. The zero-order valence-electron chi connectivity index (χ0n) is 15.1. The van der Waals surface area contributed by atoms with Crippen molar-refractivity contribution in [2.24, 2.45) is 17.3 Å². The number of fused-ring (bicyclic) bond motifs is 3. The van der Waals surface area contributed by atoms with Gasteiger partial charge in [-0.2, -0.15) is 0 Å². The summed E-state index contributed by atoms with van der Waals surface area (Å²) >= 11 is 0. The summed E-state index contributed by atoms with van der Waals surface area (Å²) in [4.78, 5) is 26.5. The van der Waals surface area contributed by atoms with E-state index in [0.717, 1.165) is 6.42 Å². The first kappa shape index (κ1) is 19.0. The van der Waals surface area contributed by atoms with Gasteiger partial charge in [-0.05, 0) is 58.8 Å². The lowest BCUT2D eigenvalue weighted by atomic mass is 9.72. The maximum absolute atomic E-state index is 13.3. The van der Waals surface area contributed by atoms with Crippen LogP contribution in [0.1, 0.15) is 47.0 Å². The molecule has 1 heterocycles. The van der Waals surface area contributed by atoms with E-state index in [9.17, 15) is 18.0 Å². The first-order chi connectivity index (χ1) is 11.7. The molecule has 0 amide bonds. The van der Waals surface area contributed by atoms with Crippen LogP contribution in [0.3, 0.4) is 0 Å². The van der Waals surface area contributed by atoms with Crippen molar-refractivity contribution in [2.75, 3.05) is 11.5 Å². The second-order valence-electron chi connectivity index (χ2n) is 7.69. The molecular formula is C17H26O6S2. The Morgan fingerprint density at radius 1 is 0.880 bits per heavy atom. The van der Waals surface area contributed by atoms with Gasteiger partial charge >= 0.3 is 11.9 Å². The first-order valence-electron chi connectivity index (χ1n) is 8.88. The van der Waals surface area contributed by atoms with E-state index in [2.05, 4.69) is 0 Å². The molecule has 0 radical (unpaired) electrons. The predicted molar refractivity (Wildman–Crippen MR) is 94.5 cm³/mol. The van der Waals surface area contributed by atoms with Gasteiger partial charge in [0.25, 0.3) is 0 Å². The predicted octanol–water partition coefficient (Wildman–Crippen LogP) is 1.51. The van der Waals surface area contributed by atoms with Gasteiger partial charge in [-0.3, -0.25) is 18.0 Å². The molecule has 142 valence electrons. The van der Waals surface area contributed by atoms with E-state index in [1.54, 1.807) is 27.7 Å². The normalized spacial score (nSPS) is 38.6. The summed E-state index contributed by atoms with van der Waals surface area (Å²) in [6.45, 7) is 6.84. The number of hydrogen-bond donors (Lipinski definition) is 0. The van der Waals surface area contributed by atoms with Crippen LogP contribution in [0.4, 0.5) is 0 Å². The van der Waals surface area contributed by atoms with Crippen LogP contribution >= 0.6 is 0 Å². The third-order valence-corrected chi connectivity index (χ3v) is 10.8. The van der Waals surface area contributed by atoms with Crippen LogP contribution in [0.15, 0.2) is 0 Å². The van der Waals surface area contributed by atoms with Gasteiger partial charge in [0.1, 0.15) is 0 Å². The highest BCUT2D eigenvalue weighted by Crippen LogP contribution is 2.67. The molecule has 3 fully saturated rings. The number of carbonyl (C=O) groups is 2. The third kappa shape index (κ3) is 2.39. The van der Waals surface area contributed by atoms with Crippen molar-refractivity contribution < 1.29 is 27.5 Å². The Morgan fingerprint density at radius 3 is 1.76 bits per heavy atom. The topological polar surface area (TPSA) is 86.7 Å². The van der Waals surface area contributed by atoms with Crippen LogP contribution in [0.5, 0.6) is 0 Å². The molecule has 2 bridgehead atoms. The van der Waals surface area contributed by atoms with E-state index < -0.39 is 55.2 Å². The summed E-state index contributed by atoms with van der Waals surface area (Å²) in [6.07, 6.45) is 1.15. The van der Waals surface area contributed by atoms with Gasteiger partial charge in [0.2, 0.25) is 0 Å². The fourth-order valence-corrected chi connectivity index (χ4v) is 10.6. The molecule has 3 aliphatic rings. The Bertz CT molecular complexity index is 603. The second-order valence-corrected chi connectivity index (χ2v) is 11.4. The monoisotopic (exact) mass is 390 g/mol. The summed E-state index contributed by atoms with van der Waals surface area (Å²) in [5, 5.41) is 0. The van der Waals surface area contributed by atoms with Gasteiger partial charge in [-0.25, -0.2) is 0 Å². The van der Waals surface area contributed by atoms with Gasteiger partial charge in [0.05, 0.1) is 12.2 Å². The Labute approximate surface area is 153 Å². The smallest absolute Gasteiger partial charge is 0.326 e. The van der Waals surface area contributed by atoms with E-state index in [1.807, 2.05) is 0 Å². The summed E-state index contributed by atoms with van der Waals surface area (Å²) in [7, 11) is -3.06. The highest BCUT2D eigenvalue weighted by molar-refractivity contribution is 8.07. The molecule has 2 unspecified atom stereocenters. The third-order valence-electron chi connectivity index (χ3n) is 5.59. The van der Waals surface area contributed by atoms with E-state index in [1.165, 1.54) is 0 Å². The maximum atomic E-state index is 13.3. The molecular weight excluding hydrogens is 364 g/mol. The Morgan fingerprint density at radius 2 is 1.32 bits per heavy atom. The molecule has 1 spiro atoms. The summed E-state index contributed by atoms with van der Waals surface area (Å²) in [6, 6.07) is 0. The number of esters is 2. The molecule has 8 heteroatoms. The van der Waals surface area contributed by atoms with Crippen molar-refractivity contribution in [3.8, 4) is 0 Å². The number of rotatable bonds is 4. The average molecular weight is 391 g/mol. The summed E-state index contributed by atoms with van der Waals surface area (Å²) in [5.74, 6) is -1.39. The quantitative estimate of drug-likeness (QED) is 0.534. The van der Waals surface area contributed by atoms with Crippen molar-refractivity contribution in [2.45, 2.75) is 63.2 Å². The van der Waals surface area contributed by atoms with Crippen molar-refractivity contribution in [1.29, 1.82) is 0 Å². The first-order valence-corrected chi connectivity index (χ1v) is 11.5. The van der Waals surface area contributed by atoms with Crippen LogP contribution in [-0.4, -0.2) is 48.1 Å². The minimum atomic E-state index is -1.71. The number of carbonyl (C=O) groups excluding carboxylic acids is 2. The average Bonchev–Trinajstić information content (AvgIpc) is 3.15. The zero-order valence-corrected chi connectivity index (χ0v) is 16.7. The molecule has 1 aliphatic heterocycles. The summed E-state index contributed by atoms with van der Waals surface area (Å²) in [5.41, 5.74) is -1.71. The SMILES string of the molecule is CC(C)OC(=O)C1(C(=O)OC(C)C)[C@H]2CC[C@H](C2)C12S(=O)CCS2=O. The molecule has 0 aromatic rings. The van der Waals surface area contributed by atoms with Gasteiger partial charge in [0, 0.05) is 33.1 Å². The Kier molecular flexibility index (Phi) is 4.90. The van der Waals surface area contributed by atoms with Crippen LogP contribution in [-0.2, 0) is 40.7 Å². The van der Waals surface area contributed by atoms with E-state index in [0.29, 0.717) is 12.8 Å². The van der Waals surface area contributed by atoms with E-state index >= 15 is 0 Å². The standard InChI is InChI=1S/C17H26O6S2/c1-10(2)22-14(18)16(15(19)23-11(3)4)12-5-6-13(9-12)17(16)24(20)7-8-25(17)21/h10-13H,5-9H2,1-4H3/t12-,13+,17?,24?,25?/m0/s1.